The van der Waals surface area contributed by atoms with E-state index < -0.39 is 32.5 Å². The Morgan fingerprint density at radius 2 is 1.80 bits per heavy atom. The molecular weight excluding hydrogens is 291 g/mol. The quantitative estimate of drug-likeness (QED) is 0.455. The van der Waals surface area contributed by atoms with Gasteiger partial charge in [-0.25, -0.2) is 4.57 Å². The number of phosphoric ester groups is 1. The molecule has 0 amide bonds. The molecule has 0 radical (unpaired) electrons. The Bertz CT molecular complexity index is 350. The molecule has 9 heteroatoms. The molecule has 20 heavy (non-hydrogen) atoms. The van der Waals surface area contributed by atoms with E-state index in [2.05, 4.69) is 4.52 Å². The van der Waals surface area contributed by atoms with E-state index in [1.165, 1.54) is 0 Å². The van der Waals surface area contributed by atoms with Gasteiger partial charge >= 0.3 is 19.8 Å². The van der Waals surface area contributed by atoms with Crippen molar-refractivity contribution >= 4 is 19.8 Å². The number of esters is 2. The summed E-state index contributed by atoms with van der Waals surface area (Å²) in [6.45, 7) is 2.66. The topological polar surface area (TPSA) is 119 Å². The van der Waals surface area contributed by atoms with E-state index in [-0.39, 0.29) is 19.4 Å². The second kappa shape index (κ2) is 9.88. The summed E-state index contributed by atoms with van der Waals surface area (Å²) in [7, 11) is -4.67. The molecule has 0 heterocycles. The lowest BCUT2D eigenvalue weighted by Gasteiger charge is -2.18. The van der Waals surface area contributed by atoms with E-state index >= 15 is 0 Å². The highest BCUT2D eigenvalue weighted by Crippen LogP contribution is 2.35. The first-order valence-corrected chi connectivity index (χ1v) is 7.86. The monoisotopic (exact) mass is 312 g/mol. The number of carbonyl (C=O) groups is 2. The van der Waals surface area contributed by atoms with Crippen LogP contribution in [0.1, 0.15) is 39.5 Å². The lowest BCUT2D eigenvalue weighted by molar-refractivity contribution is -0.161. The van der Waals surface area contributed by atoms with Gasteiger partial charge in [-0.15, -0.1) is 0 Å². The Labute approximate surface area is 117 Å². The van der Waals surface area contributed by atoms with Crippen LogP contribution in [0.2, 0.25) is 0 Å². The fraction of sp³-hybridized carbons (Fsp3) is 0.818. The van der Waals surface area contributed by atoms with Crippen LogP contribution in [-0.2, 0) is 28.2 Å². The molecular formula is C11H21O8P. The van der Waals surface area contributed by atoms with Gasteiger partial charge in [-0.3, -0.25) is 14.1 Å². The molecule has 0 bridgehead atoms. The van der Waals surface area contributed by atoms with Crippen LogP contribution >= 0.6 is 7.82 Å². The number of unbranched alkanes of at least 4 members (excludes halogenated alkanes) is 1. The van der Waals surface area contributed by atoms with Crippen molar-refractivity contribution in [1.82, 2.24) is 0 Å². The molecule has 0 spiro atoms. The lowest BCUT2D eigenvalue weighted by Crippen LogP contribution is -2.29. The SMILES string of the molecule is CCCCC(=O)O[C@H](COC(=O)CC)COP(=O)(O)O. The second-order valence-electron chi connectivity index (χ2n) is 4.04. The van der Waals surface area contributed by atoms with Gasteiger partial charge in [-0.1, -0.05) is 20.3 Å². The van der Waals surface area contributed by atoms with E-state index in [0.717, 1.165) is 6.42 Å². The van der Waals surface area contributed by atoms with Crippen LogP contribution < -0.4 is 0 Å². The number of ether oxygens (including phenoxy) is 2. The van der Waals surface area contributed by atoms with Crippen molar-refractivity contribution in [3.8, 4) is 0 Å². The highest BCUT2D eigenvalue weighted by molar-refractivity contribution is 7.46. The van der Waals surface area contributed by atoms with Crippen LogP contribution in [-0.4, -0.2) is 41.0 Å². The highest BCUT2D eigenvalue weighted by atomic mass is 31.2. The fourth-order valence-electron chi connectivity index (χ4n) is 1.15. The zero-order valence-corrected chi connectivity index (χ0v) is 12.5. The predicted octanol–water partition coefficient (Wildman–Crippen LogP) is 1.15. The van der Waals surface area contributed by atoms with Crippen LogP contribution in [0.15, 0.2) is 0 Å². The number of phosphoric acid groups is 1. The Morgan fingerprint density at radius 1 is 1.15 bits per heavy atom. The Kier molecular flexibility index (Phi) is 9.41. The number of carbonyl (C=O) groups excluding carboxylic acids is 2. The summed E-state index contributed by atoms with van der Waals surface area (Å²) in [6.07, 6.45) is 0.742. The minimum absolute atomic E-state index is 0.149. The van der Waals surface area contributed by atoms with Crippen LogP contribution in [0.25, 0.3) is 0 Å². The molecule has 0 aromatic rings. The molecule has 0 aliphatic heterocycles. The average Bonchev–Trinajstić information content (AvgIpc) is 2.38. The first-order valence-electron chi connectivity index (χ1n) is 6.33. The molecule has 0 aromatic heterocycles. The summed E-state index contributed by atoms with van der Waals surface area (Å²) >= 11 is 0. The van der Waals surface area contributed by atoms with Crippen molar-refractivity contribution in [3.05, 3.63) is 0 Å². The van der Waals surface area contributed by atoms with Gasteiger partial charge in [0.05, 0.1) is 6.61 Å². The maximum Gasteiger partial charge on any atom is 0.469 e. The zero-order chi connectivity index (χ0) is 15.6. The Balaban J connectivity index is 4.33. The molecule has 0 aromatic carbocycles. The number of rotatable bonds is 10. The van der Waals surface area contributed by atoms with Crippen molar-refractivity contribution in [2.75, 3.05) is 13.2 Å². The third-order valence-electron chi connectivity index (χ3n) is 2.18. The molecule has 0 aliphatic carbocycles. The van der Waals surface area contributed by atoms with Gasteiger partial charge in [0.2, 0.25) is 0 Å². The smallest absolute Gasteiger partial charge is 0.462 e. The fourth-order valence-corrected chi connectivity index (χ4v) is 1.51. The van der Waals surface area contributed by atoms with Crippen LogP contribution in [0.5, 0.6) is 0 Å². The molecule has 8 nitrogen and oxygen atoms in total. The Morgan fingerprint density at radius 3 is 2.30 bits per heavy atom. The van der Waals surface area contributed by atoms with E-state index in [9.17, 15) is 14.2 Å². The lowest BCUT2D eigenvalue weighted by atomic mass is 10.2. The van der Waals surface area contributed by atoms with Crippen LogP contribution in [0.3, 0.4) is 0 Å². The summed E-state index contributed by atoms with van der Waals surface area (Å²) in [5.74, 6) is -1.03. The minimum Gasteiger partial charge on any atom is -0.462 e. The number of hydrogen-bond donors (Lipinski definition) is 2. The van der Waals surface area contributed by atoms with Crippen molar-refractivity contribution < 1.29 is 37.9 Å². The van der Waals surface area contributed by atoms with Gasteiger partial charge in [0.15, 0.2) is 6.10 Å². The van der Waals surface area contributed by atoms with Gasteiger partial charge in [0, 0.05) is 12.8 Å². The average molecular weight is 312 g/mol. The van der Waals surface area contributed by atoms with Crippen LogP contribution in [0, 0.1) is 0 Å². The standard InChI is InChI=1S/C11H21O8P/c1-3-5-6-11(13)19-9(7-17-10(12)4-2)8-18-20(14,15)16/h9H,3-8H2,1-2H3,(H2,14,15,16)/t9-/m1/s1. The first-order chi connectivity index (χ1) is 9.28. The normalized spacial score (nSPS) is 12.8. The summed E-state index contributed by atoms with van der Waals surface area (Å²) < 4.78 is 24.6. The largest absolute Gasteiger partial charge is 0.469 e. The molecule has 0 saturated carbocycles. The van der Waals surface area contributed by atoms with Gasteiger partial charge in [-0.2, -0.15) is 0 Å². The highest BCUT2D eigenvalue weighted by Gasteiger charge is 2.22. The summed E-state index contributed by atoms with van der Waals surface area (Å²) in [4.78, 5) is 39.7. The van der Waals surface area contributed by atoms with E-state index in [1.807, 2.05) is 6.92 Å². The van der Waals surface area contributed by atoms with Gasteiger partial charge < -0.3 is 19.3 Å². The van der Waals surface area contributed by atoms with Crippen molar-refractivity contribution in [1.29, 1.82) is 0 Å². The molecule has 2 N–H and O–H groups in total. The molecule has 0 saturated heterocycles. The maximum absolute atomic E-state index is 11.4. The Hall–Kier alpha value is -0.950. The third kappa shape index (κ3) is 10.9. The summed E-state index contributed by atoms with van der Waals surface area (Å²) in [6, 6.07) is 0. The molecule has 1 atom stereocenters. The molecule has 118 valence electrons. The van der Waals surface area contributed by atoms with Gasteiger partial charge in [-0.05, 0) is 6.42 Å². The van der Waals surface area contributed by atoms with E-state index in [1.54, 1.807) is 6.92 Å². The summed E-state index contributed by atoms with van der Waals surface area (Å²) in [5.41, 5.74) is 0. The van der Waals surface area contributed by atoms with Crippen LogP contribution in [0.4, 0.5) is 0 Å². The van der Waals surface area contributed by atoms with E-state index in [0.29, 0.717) is 6.42 Å². The van der Waals surface area contributed by atoms with Crippen molar-refractivity contribution in [3.63, 3.8) is 0 Å². The molecule has 0 fully saturated rings. The first kappa shape index (κ1) is 19.1. The van der Waals surface area contributed by atoms with Gasteiger partial charge in [0.25, 0.3) is 0 Å². The molecule has 0 rings (SSSR count). The second-order valence-corrected chi connectivity index (χ2v) is 5.28. The molecule has 0 aliphatic rings. The van der Waals surface area contributed by atoms with E-state index in [4.69, 9.17) is 19.3 Å². The predicted molar refractivity (Wildman–Crippen MR) is 68.7 cm³/mol. The third-order valence-corrected chi connectivity index (χ3v) is 2.67. The van der Waals surface area contributed by atoms with Gasteiger partial charge in [0.1, 0.15) is 6.61 Å². The van der Waals surface area contributed by atoms with Crippen molar-refractivity contribution in [2.24, 2.45) is 0 Å². The maximum atomic E-state index is 11.4. The minimum atomic E-state index is -4.67. The molecule has 0 unspecified atom stereocenters. The van der Waals surface area contributed by atoms with Crippen molar-refractivity contribution in [2.45, 2.75) is 45.6 Å². The number of hydrogen-bond acceptors (Lipinski definition) is 6. The summed E-state index contributed by atoms with van der Waals surface area (Å²) in [5, 5.41) is 0. The zero-order valence-electron chi connectivity index (χ0n) is 11.6.